The molecule has 2 atom stereocenters. The van der Waals surface area contributed by atoms with Crippen LogP contribution >= 0.6 is 12.4 Å². The summed E-state index contributed by atoms with van der Waals surface area (Å²) in [6.07, 6.45) is 1.34. The summed E-state index contributed by atoms with van der Waals surface area (Å²) in [5.74, 6) is 0. The molecular formula is C11H24ClN3. The van der Waals surface area contributed by atoms with E-state index in [1.165, 1.54) is 39.1 Å². The summed E-state index contributed by atoms with van der Waals surface area (Å²) in [6, 6.07) is 0.668. The van der Waals surface area contributed by atoms with Crippen molar-refractivity contribution in [2.24, 2.45) is 5.41 Å². The zero-order valence-corrected chi connectivity index (χ0v) is 10.7. The number of rotatable bonds is 2. The van der Waals surface area contributed by atoms with Crippen LogP contribution in [-0.4, -0.2) is 50.2 Å². The minimum absolute atomic E-state index is 0. The highest BCUT2D eigenvalue weighted by Crippen LogP contribution is 2.25. The molecule has 0 spiro atoms. The highest BCUT2D eigenvalue weighted by Gasteiger charge is 2.31. The molecule has 2 N–H and O–H groups in total. The second kappa shape index (κ2) is 5.48. The summed E-state index contributed by atoms with van der Waals surface area (Å²) in [6.45, 7) is 12.0. The summed E-state index contributed by atoms with van der Waals surface area (Å²) in [7, 11) is 0. The van der Waals surface area contributed by atoms with E-state index < -0.39 is 0 Å². The Kier molecular flexibility index (Phi) is 4.84. The molecule has 0 bridgehead atoms. The van der Waals surface area contributed by atoms with Gasteiger partial charge in [0.15, 0.2) is 0 Å². The maximum absolute atomic E-state index is 3.49. The van der Waals surface area contributed by atoms with Gasteiger partial charge in [-0.1, -0.05) is 6.92 Å². The molecule has 15 heavy (non-hydrogen) atoms. The van der Waals surface area contributed by atoms with Crippen LogP contribution in [-0.2, 0) is 0 Å². The van der Waals surface area contributed by atoms with Crippen molar-refractivity contribution in [2.75, 3.05) is 39.3 Å². The summed E-state index contributed by atoms with van der Waals surface area (Å²) in [5.41, 5.74) is 0.525. The molecule has 2 rings (SSSR count). The number of hydrogen-bond donors (Lipinski definition) is 2. The van der Waals surface area contributed by atoms with Gasteiger partial charge in [-0.2, -0.15) is 0 Å². The van der Waals surface area contributed by atoms with E-state index >= 15 is 0 Å². The monoisotopic (exact) mass is 233 g/mol. The maximum atomic E-state index is 3.49. The van der Waals surface area contributed by atoms with Gasteiger partial charge in [0, 0.05) is 38.8 Å². The molecule has 90 valence electrons. The summed E-state index contributed by atoms with van der Waals surface area (Å²) >= 11 is 0. The second-order valence-corrected chi connectivity index (χ2v) is 5.33. The molecule has 2 heterocycles. The third-order valence-corrected chi connectivity index (χ3v) is 3.52. The second-order valence-electron chi connectivity index (χ2n) is 5.33. The normalized spacial score (nSPS) is 37.6. The molecule has 0 aromatic heterocycles. The predicted molar refractivity (Wildman–Crippen MR) is 66.7 cm³/mol. The highest BCUT2D eigenvalue weighted by molar-refractivity contribution is 5.85. The molecular weight excluding hydrogens is 210 g/mol. The molecule has 2 aliphatic heterocycles. The quantitative estimate of drug-likeness (QED) is 0.736. The van der Waals surface area contributed by atoms with Crippen LogP contribution in [0.5, 0.6) is 0 Å². The van der Waals surface area contributed by atoms with E-state index in [1.54, 1.807) is 0 Å². The number of nitrogens with one attached hydrogen (secondary N) is 2. The molecule has 4 heteroatoms. The number of nitrogens with zero attached hydrogens (tertiary/aromatic N) is 1. The molecule has 0 aliphatic carbocycles. The van der Waals surface area contributed by atoms with E-state index in [-0.39, 0.29) is 12.4 Å². The Labute approximate surface area is 99.4 Å². The van der Waals surface area contributed by atoms with Crippen molar-refractivity contribution in [3.8, 4) is 0 Å². The van der Waals surface area contributed by atoms with Gasteiger partial charge >= 0.3 is 0 Å². The van der Waals surface area contributed by atoms with Crippen LogP contribution in [0.4, 0.5) is 0 Å². The van der Waals surface area contributed by atoms with E-state index in [2.05, 4.69) is 29.4 Å². The standard InChI is InChI=1S/C11H23N3.ClH/c1-10-7-14(6-5-13-10)9-11(2)3-4-12-8-11;/h10,12-13H,3-9H2,1-2H3;1H. The van der Waals surface area contributed by atoms with E-state index in [9.17, 15) is 0 Å². The van der Waals surface area contributed by atoms with Crippen molar-refractivity contribution >= 4 is 12.4 Å². The van der Waals surface area contributed by atoms with Crippen molar-refractivity contribution in [3.05, 3.63) is 0 Å². The molecule has 2 fully saturated rings. The summed E-state index contributed by atoms with van der Waals surface area (Å²) < 4.78 is 0. The Hall–Kier alpha value is 0.170. The Bertz CT molecular complexity index is 192. The van der Waals surface area contributed by atoms with Gasteiger partial charge in [-0.05, 0) is 25.3 Å². The fraction of sp³-hybridized carbons (Fsp3) is 1.00. The van der Waals surface area contributed by atoms with Gasteiger partial charge in [0.2, 0.25) is 0 Å². The molecule has 0 aromatic rings. The van der Waals surface area contributed by atoms with Crippen LogP contribution in [0.15, 0.2) is 0 Å². The largest absolute Gasteiger partial charge is 0.316 e. The molecule has 3 nitrogen and oxygen atoms in total. The van der Waals surface area contributed by atoms with E-state index in [0.717, 1.165) is 6.54 Å². The molecule has 0 saturated carbocycles. The van der Waals surface area contributed by atoms with Crippen molar-refractivity contribution in [3.63, 3.8) is 0 Å². The highest BCUT2D eigenvalue weighted by atomic mass is 35.5. The van der Waals surface area contributed by atoms with Gasteiger partial charge in [-0.25, -0.2) is 0 Å². The van der Waals surface area contributed by atoms with Gasteiger partial charge in [0.05, 0.1) is 0 Å². The van der Waals surface area contributed by atoms with Gasteiger partial charge in [0.1, 0.15) is 0 Å². The van der Waals surface area contributed by atoms with Crippen molar-refractivity contribution < 1.29 is 0 Å². The first kappa shape index (κ1) is 13.2. The molecule has 0 amide bonds. The lowest BCUT2D eigenvalue weighted by molar-refractivity contribution is 0.141. The molecule has 2 aliphatic rings. The zero-order valence-electron chi connectivity index (χ0n) is 9.88. The van der Waals surface area contributed by atoms with Crippen molar-refractivity contribution in [1.82, 2.24) is 15.5 Å². The van der Waals surface area contributed by atoms with Crippen molar-refractivity contribution in [1.29, 1.82) is 0 Å². The Morgan fingerprint density at radius 2 is 2.20 bits per heavy atom. The first-order valence-electron chi connectivity index (χ1n) is 5.84. The van der Waals surface area contributed by atoms with E-state index in [4.69, 9.17) is 0 Å². The third-order valence-electron chi connectivity index (χ3n) is 3.52. The summed E-state index contributed by atoms with van der Waals surface area (Å²) in [5, 5.41) is 6.96. The van der Waals surface area contributed by atoms with Crippen LogP contribution in [0.3, 0.4) is 0 Å². The van der Waals surface area contributed by atoms with Crippen LogP contribution < -0.4 is 10.6 Å². The lowest BCUT2D eigenvalue weighted by atomic mass is 9.89. The van der Waals surface area contributed by atoms with Crippen LogP contribution in [0.25, 0.3) is 0 Å². The van der Waals surface area contributed by atoms with E-state index in [0.29, 0.717) is 11.5 Å². The average Bonchev–Trinajstić information content (AvgIpc) is 2.51. The number of hydrogen-bond acceptors (Lipinski definition) is 3. The number of piperazine rings is 1. The minimum Gasteiger partial charge on any atom is -0.316 e. The summed E-state index contributed by atoms with van der Waals surface area (Å²) in [4.78, 5) is 2.62. The van der Waals surface area contributed by atoms with E-state index in [1.807, 2.05) is 0 Å². The molecule has 0 aromatic carbocycles. The topological polar surface area (TPSA) is 27.3 Å². The SMILES string of the molecule is CC1CN(CC2(C)CCNC2)CCN1.Cl. The average molecular weight is 234 g/mol. The number of halogens is 1. The lowest BCUT2D eigenvalue weighted by Gasteiger charge is -2.37. The van der Waals surface area contributed by atoms with Crippen LogP contribution in [0.2, 0.25) is 0 Å². The molecule has 2 saturated heterocycles. The predicted octanol–water partition coefficient (Wildman–Crippen LogP) is 0.701. The minimum atomic E-state index is 0. The molecule has 0 radical (unpaired) electrons. The van der Waals surface area contributed by atoms with Gasteiger partial charge in [0.25, 0.3) is 0 Å². The van der Waals surface area contributed by atoms with Gasteiger partial charge < -0.3 is 10.6 Å². The Morgan fingerprint density at radius 3 is 2.80 bits per heavy atom. The fourth-order valence-electron chi connectivity index (χ4n) is 2.70. The first-order valence-corrected chi connectivity index (χ1v) is 5.84. The van der Waals surface area contributed by atoms with Crippen LogP contribution in [0, 0.1) is 5.41 Å². The Morgan fingerprint density at radius 1 is 1.40 bits per heavy atom. The van der Waals surface area contributed by atoms with Crippen molar-refractivity contribution in [2.45, 2.75) is 26.3 Å². The van der Waals surface area contributed by atoms with Crippen LogP contribution in [0.1, 0.15) is 20.3 Å². The third kappa shape index (κ3) is 3.59. The van der Waals surface area contributed by atoms with Gasteiger partial charge in [-0.3, -0.25) is 4.90 Å². The zero-order chi connectivity index (χ0) is 10.0. The fourth-order valence-corrected chi connectivity index (χ4v) is 2.70. The lowest BCUT2D eigenvalue weighted by Crippen LogP contribution is -2.52. The van der Waals surface area contributed by atoms with Gasteiger partial charge in [-0.15, -0.1) is 12.4 Å². The first-order chi connectivity index (χ1) is 6.68. The smallest absolute Gasteiger partial charge is 0.0167 e. The maximum Gasteiger partial charge on any atom is 0.0167 e. The Balaban J connectivity index is 0.00000112. The molecule has 2 unspecified atom stereocenters.